The molecule has 1 N–H and O–H groups in total. The van der Waals surface area contributed by atoms with Crippen LogP contribution in [0.2, 0.25) is 5.02 Å². The lowest BCUT2D eigenvalue weighted by Gasteiger charge is -2.22. The van der Waals surface area contributed by atoms with Gasteiger partial charge in [-0.25, -0.2) is 0 Å². The average molecular weight is 344 g/mol. The summed E-state index contributed by atoms with van der Waals surface area (Å²) in [4.78, 5) is 30.6. The van der Waals surface area contributed by atoms with E-state index in [0.29, 0.717) is 17.3 Å². The van der Waals surface area contributed by atoms with Crippen molar-refractivity contribution in [2.24, 2.45) is 0 Å². The summed E-state index contributed by atoms with van der Waals surface area (Å²) in [6.07, 6.45) is 5.24. The molecule has 6 heteroatoms. The molecular formula is C18H18ClN3O2. The number of hydrogen-bond donors (Lipinski definition) is 1. The second-order valence-corrected chi connectivity index (χ2v) is 6.30. The third-order valence-corrected chi connectivity index (χ3v) is 4.44. The quantitative estimate of drug-likeness (QED) is 0.867. The van der Waals surface area contributed by atoms with Crippen molar-refractivity contribution < 1.29 is 9.59 Å². The van der Waals surface area contributed by atoms with Crippen LogP contribution in [0.4, 0.5) is 5.69 Å². The topological polar surface area (TPSA) is 62.3 Å². The number of hydrogen-bond acceptors (Lipinski definition) is 3. The number of halogens is 1. The standard InChI is InChI=1S/C18H18ClN3O2/c1-12-15(19)5-2-6-16(12)21-17(23)18(24)22(14-7-8-14)11-13-4-3-9-20-10-13/h2-6,9-10,14H,7-8,11H2,1H3,(H,21,23). The first-order chi connectivity index (χ1) is 11.6. The molecule has 1 saturated carbocycles. The molecular weight excluding hydrogens is 326 g/mol. The molecule has 0 atom stereocenters. The molecule has 0 bridgehead atoms. The molecule has 2 aromatic rings. The van der Waals surface area contributed by atoms with Crippen LogP contribution in [0.15, 0.2) is 42.7 Å². The molecule has 1 aromatic carbocycles. The highest BCUT2D eigenvalue weighted by Gasteiger charge is 2.35. The first kappa shape index (κ1) is 16.5. The van der Waals surface area contributed by atoms with E-state index in [9.17, 15) is 9.59 Å². The van der Waals surface area contributed by atoms with Crippen molar-refractivity contribution in [3.05, 3.63) is 58.9 Å². The molecule has 124 valence electrons. The molecule has 1 heterocycles. The molecule has 1 aliphatic carbocycles. The van der Waals surface area contributed by atoms with Crippen LogP contribution in [0.1, 0.15) is 24.0 Å². The lowest BCUT2D eigenvalue weighted by Crippen LogP contribution is -2.40. The lowest BCUT2D eigenvalue weighted by molar-refractivity contribution is -0.144. The summed E-state index contributed by atoms with van der Waals surface area (Å²) in [6, 6.07) is 9.06. The smallest absolute Gasteiger partial charge is 0.313 e. The van der Waals surface area contributed by atoms with Crippen LogP contribution in [0, 0.1) is 6.92 Å². The third kappa shape index (κ3) is 3.74. The molecule has 0 unspecified atom stereocenters. The van der Waals surface area contributed by atoms with Gasteiger partial charge in [-0.15, -0.1) is 0 Å². The van der Waals surface area contributed by atoms with E-state index < -0.39 is 11.8 Å². The number of nitrogens with zero attached hydrogens (tertiary/aromatic N) is 2. The van der Waals surface area contributed by atoms with Crippen molar-refractivity contribution in [3.8, 4) is 0 Å². The van der Waals surface area contributed by atoms with Gasteiger partial charge in [-0.05, 0) is 49.1 Å². The number of pyridine rings is 1. The number of rotatable bonds is 4. The van der Waals surface area contributed by atoms with Crippen LogP contribution >= 0.6 is 11.6 Å². The molecule has 1 fully saturated rings. The molecule has 0 spiro atoms. The van der Waals surface area contributed by atoms with E-state index in [1.54, 1.807) is 42.4 Å². The van der Waals surface area contributed by atoms with Gasteiger partial charge in [0.05, 0.1) is 0 Å². The second kappa shape index (κ2) is 7.01. The Morgan fingerprint density at radius 2 is 2.08 bits per heavy atom. The Morgan fingerprint density at radius 1 is 1.29 bits per heavy atom. The Hall–Kier alpha value is -2.40. The van der Waals surface area contributed by atoms with Crippen LogP contribution in [0.3, 0.4) is 0 Å². The minimum Gasteiger partial charge on any atom is -0.327 e. The lowest BCUT2D eigenvalue weighted by atomic mass is 10.2. The van der Waals surface area contributed by atoms with E-state index >= 15 is 0 Å². The number of carbonyl (C=O) groups excluding carboxylic acids is 2. The van der Waals surface area contributed by atoms with Gasteiger partial charge in [0.2, 0.25) is 0 Å². The summed E-state index contributed by atoms with van der Waals surface area (Å²) in [5.74, 6) is -1.17. The van der Waals surface area contributed by atoms with Gasteiger partial charge in [0, 0.05) is 35.7 Å². The van der Waals surface area contributed by atoms with Crippen molar-refractivity contribution in [2.45, 2.75) is 32.4 Å². The van der Waals surface area contributed by atoms with E-state index in [0.717, 1.165) is 24.0 Å². The van der Waals surface area contributed by atoms with Gasteiger partial charge in [0.25, 0.3) is 0 Å². The maximum atomic E-state index is 12.6. The number of benzene rings is 1. The Bertz CT molecular complexity index is 760. The van der Waals surface area contributed by atoms with Gasteiger partial charge in [-0.1, -0.05) is 23.7 Å². The summed E-state index contributed by atoms with van der Waals surface area (Å²) in [5.41, 5.74) is 2.20. The van der Waals surface area contributed by atoms with Crippen molar-refractivity contribution in [3.63, 3.8) is 0 Å². The maximum absolute atomic E-state index is 12.6. The van der Waals surface area contributed by atoms with Crippen molar-refractivity contribution in [1.82, 2.24) is 9.88 Å². The summed E-state index contributed by atoms with van der Waals surface area (Å²) >= 11 is 6.05. The molecule has 3 rings (SSSR count). The molecule has 0 saturated heterocycles. The maximum Gasteiger partial charge on any atom is 0.313 e. The van der Waals surface area contributed by atoms with Crippen molar-refractivity contribution in [1.29, 1.82) is 0 Å². The molecule has 2 amide bonds. The third-order valence-electron chi connectivity index (χ3n) is 4.03. The Morgan fingerprint density at radius 3 is 2.75 bits per heavy atom. The molecule has 1 aliphatic rings. The van der Waals surface area contributed by atoms with Gasteiger partial charge >= 0.3 is 11.8 Å². The number of carbonyl (C=O) groups is 2. The summed E-state index contributed by atoms with van der Waals surface area (Å²) < 4.78 is 0. The van der Waals surface area contributed by atoms with Crippen molar-refractivity contribution >= 4 is 29.1 Å². The average Bonchev–Trinajstić information content (AvgIpc) is 3.42. The SMILES string of the molecule is Cc1c(Cl)cccc1NC(=O)C(=O)N(Cc1cccnc1)C1CC1. The summed E-state index contributed by atoms with van der Waals surface area (Å²) in [7, 11) is 0. The normalized spacial score (nSPS) is 13.4. The van der Waals surface area contributed by atoms with E-state index in [1.807, 2.05) is 12.1 Å². The van der Waals surface area contributed by atoms with Gasteiger partial charge < -0.3 is 10.2 Å². The molecule has 5 nitrogen and oxygen atoms in total. The van der Waals surface area contributed by atoms with Crippen LogP contribution < -0.4 is 5.32 Å². The number of nitrogens with one attached hydrogen (secondary N) is 1. The highest BCUT2D eigenvalue weighted by molar-refractivity contribution is 6.40. The van der Waals surface area contributed by atoms with E-state index in [-0.39, 0.29) is 6.04 Å². The minimum absolute atomic E-state index is 0.129. The predicted molar refractivity (Wildman–Crippen MR) is 92.6 cm³/mol. The highest BCUT2D eigenvalue weighted by atomic mass is 35.5. The Labute approximate surface area is 145 Å². The fourth-order valence-corrected chi connectivity index (χ4v) is 2.66. The fourth-order valence-electron chi connectivity index (χ4n) is 2.49. The highest BCUT2D eigenvalue weighted by Crippen LogP contribution is 2.29. The fraction of sp³-hybridized carbons (Fsp3) is 0.278. The Kier molecular flexibility index (Phi) is 4.81. The zero-order valence-corrected chi connectivity index (χ0v) is 14.1. The van der Waals surface area contributed by atoms with Gasteiger partial charge in [-0.2, -0.15) is 0 Å². The molecule has 1 aromatic heterocycles. The van der Waals surface area contributed by atoms with Gasteiger partial charge in [-0.3, -0.25) is 14.6 Å². The van der Waals surface area contributed by atoms with Gasteiger partial charge in [0.15, 0.2) is 0 Å². The summed E-state index contributed by atoms with van der Waals surface area (Å²) in [5, 5.41) is 3.22. The number of aromatic nitrogens is 1. The van der Waals surface area contributed by atoms with Crippen LogP contribution in [0.25, 0.3) is 0 Å². The largest absolute Gasteiger partial charge is 0.327 e. The number of anilines is 1. The van der Waals surface area contributed by atoms with Crippen LogP contribution in [-0.4, -0.2) is 27.7 Å². The first-order valence-electron chi connectivity index (χ1n) is 7.82. The Balaban J connectivity index is 1.73. The second-order valence-electron chi connectivity index (χ2n) is 5.89. The summed E-state index contributed by atoms with van der Waals surface area (Å²) in [6.45, 7) is 2.19. The predicted octanol–water partition coefficient (Wildman–Crippen LogP) is 3.17. The molecule has 0 aliphatic heterocycles. The molecule has 24 heavy (non-hydrogen) atoms. The van der Waals surface area contributed by atoms with E-state index in [1.165, 1.54) is 0 Å². The zero-order valence-electron chi connectivity index (χ0n) is 13.3. The minimum atomic E-state index is -0.642. The van der Waals surface area contributed by atoms with Gasteiger partial charge in [0.1, 0.15) is 0 Å². The van der Waals surface area contributed by atoms with Crippen LogP contribution in [0.5, 0.6) is 0 Å². The number of amides is 2. The zero-order chi connectivity index (χ0) is 17.1. The monoisotopic (exact) mass is 343 g/mol. The molecule has 0 radical (unpaired) electrons. The van der Waals surface area contributed by atoms with E-state index in [2.05, 4.69) is 10.3 Å². The van der Waals surface area contributed by atoms with Crippen molar-refractivity contribution in [2.75, 3.05) is 5.32 Å². The van der Waals surface area contributed by atoms with Crippen LogP contribution in [-0.2, 0) is 16.1 Å². The van der Waals surface area contributed by atoms with E-state index in [4.69, 9.17) is 11.6 Å². The first-order valence-corrected chi connectivity index (χ1v) is 8.20.